The van der Waals surface area contributed by atoms with Crippen molar-refractivity contribution in [3.63, 3.8) is 0 Å². The third kappa shape index (κ3) is 3.89. The highest BCUT2D eigenvalue weighted by atomic mass is 16.2. The zero-order chi connectivity index (χ0) is 10.6. The molecule has 0 rings (SSSR count). The van der Waals surface area contributed by atoms with Crippen LogP contribution < -0.4 is 16.4 Å². The second-order valence-corrected chi connectivity index (χ2v) is 3.53. The highest BCUT2D eigenvalue weighted by Gasteiger charge is 2.24. The van der Waals surface area contributed by atoms with Crippen LogP contribution in [0.3, 0.4) is 0 Å². The van der Waals surface area contributed by atoms with E-state index in [0.29, 0.717) is 0 Å². The summed E-state index contributed by atoms with van der Waals surface area (Å²) >= 11 is 0. The second kappa shape index (κ2) is 4.23. The molecule has 0 aromatic heterocycles. The molecule has 0 saturated carbocycles. The quantitative estimate of drug-likeness (QED) is 0.528. The minimum atomic E-state index is -0.956. The van der Waals surface area contributed by atoms with Gasteiger partial charge in [-0.25, -0.2) is 0 Å². The Balaban J connectivity index is 4.15. The molecule has 0 bridgehead atoms. The lowest BCUT2D eigenvalue weighted by atomic mass is 10.1. The van der Waals surface area contributed by atoms with Crippen LogP contribution in [0.15, 0.2) is 0 Å². The van der Waals surface area contributed by atoms with E-state index >= 15 is 0 Å². The predicted molar refractivity (Wildman–Crippen MR) is 49.9 cm³/mol. The second-order valence-electron chi connectivity index (χ2n) is 3.53. The lowest BCUT2D eigenvalue weighted by molar-refractivity contribution is -0.130. The Kier molecular flexibility index (Phi) is 3.87. The molecule has 0 saturated heterocycles. The van der Waals surface area contributed by atoms with Crippen molar-refractivity contribution in [1.82, 2.24) is 10.6 Å². The Morgan fingerprint density at radius 2 is 1.85 bits per heavy atom. The number of hydrogen-bond donors (Lipinski definition) is 3. The SMILES string of the molecule is CNC(=O)[C@@H](C)NC(=O)C(C)(C)N. The topological polar surface area (TPSA) is 84.2 Å². The fourth-order valence-corrected chi connectivity index (χ4v) is 0.665. The average Bonchev–Trinajstić information content (AvgIpc) is 2.01. The molecular weight excluding hydrogens is 170 g/mol. The van der Waals surface area contributed by atoms with Crippen molar-refractivity contribution in [1.29, 1.82) is 0 Å². The number of nitrogens with two attached hydrogens (primary N) is 1. The van der Waals surface area contributed by atoms with Gasteiger partial charge in [0.1, 0.15) is 6.04 Å². The van der Waals surface area contributed by atoms with Gasteiger partial charge in [-0.05, 0) is 20.8 Å². The van der Waals surface area contributed by atoms with Crippen LogP contribution in [-0.2, 0) is 9.59 Å². The van der Waals surface area contributed by atoms with Gasteiger partial charge in [-0.3, -0.25) is 9.59 Å². The molecule has 76 valence electrons. The van der Waals surface area contributed by atoms with Crippen LogP contribution in [0.4, 0.5) is 0 Å². The van der Waals surface area contributed by atoms with Gasteiger partial charge in [0, 0.05) is 7.05 Å². The van der Waals surface area contributed by atoms with E-state index in [4.69, 9.17) is 5.73 Å². The van der Waals surface area contributed by atoms with E-state index in [0.717, 1.165) is 0 Å². The Bertz CT molecular complexity index is 208. The summed E-state index contributed by atoms with van der Waals surface area (Å²) in [5.74, 6) is -0.582. The van der Waals surface area contributed by atoms with E-state index < -0.39 is 11.6 Å². The van der Waals surface area contributed by atoms with Gasteiger partial charge in [0.2, 0.25) is 11.8 Å². The standard InChI is InChI=1S/C8H17N3O2/c1-5(6(12)10-4)11-7(13)8(2,3)9/h5H,9H2,1-4H3,(H,10,12)(H,11,13)/t5-/m1/s1. The molecule has 0 fully saturated rings. The van der Waals surface area contributed by atoms with Crippen molar-refractivity contribution >= 4 is 11.8 Å². The summed E-state index contributed by atoms with van der Waals surface area (Å²) in [6, 6.07) is -0.555. The van der Waals surface area contributed by atoms with Gasteiger partial charge in [-0.2, -0.15) is 0 Å². The van der Waals surface area contributed by atoms with Crippen LogP contribution in [0.1, 0.15) is 20.8 Å². The first-order chi connectivity index (χ1) is 5.79. The number of carbonyl (C=O) groups excluding carboxylic acids is 2. The van der Waals surface area contributed by atoms with Crippen LogP contribution in [0, 0.1) is 0 Å². The van der Waals surface area contributed by atoms with E-state index in [-0.39, 0.29) is 11.8 Å². The number of hydrogen-bond acceptors (Lipinski definition) is 3. The van der Waals surface area contributed by atoms with Crippen LogP contribution in [0.25, 0.3) is 0 Å². The molecule has 2 amide bonds. The predicted octanol–water partition coefficient (Wildman–Crippen LogP) is -1.03. The molecule has 0 spiro atoms. The van der Waals surface area contributed by atoms with Crippen molar-refractivity contribution in [2.75, 3.05) is 7.05 Å². The number of carbonyl (C=O) groups is 2. The molecule has 0 aliphatic carbocycles. The molecule has 1 atom stereocenters. The van der Waals surface area contributed by atoms with Gasteiger partial charge in [0.25, 0.3) is 0 Å². The fraction of sp³-hybridized carbons (Fsp3) is 0.750. The van der Waals surface area contributed by atoms with Crippen LogP contribution in [0.5, 0.6) is 0 Å². The van der Waals surface area contributed by atoms with Crippen molar-refractivity contribution in [3.8, 4) is 0 Å². The highest BCUT2D eigenvalue weighted by molar-refractivity contribution is 5.91. The molecule has 0 radical (unpaired) electrons. The molecule has 0 aromatic rings. The molecule has 0 aliphatic heterocycles. The van der Waals surface area contributed by atoms with E-state index in [1.54, 1.807) is 20.8 Å². The number of likely N-dealkylation sites (N-methyl/N-ethyl adjacent to an activating group) is 1. The van der Waals surface area contributed by atoms with Gasteiger partial charge in [0.15, 0.2) is 0 Å². The zero-order valence-corrected chi connectivity index (χ0v) is 8.47. The van der Waals surface area contributed by atoms with Crippen molar-refractivity contribution in [2.24, 2.45) is 5.73 Å². The van der Waals surface area contributed by atoms with E-state index in [2.05, 4.69) is 10.6 Å². The number of nitrogens with one attached hydrogen (secondary N) is 2. The summed E-state index contributed by atoms with van der Waals surface area (Å²) < 4.78 is 0. The lowest BCUT2D eigenvalue weighted by Gasteiger charge is -2.20. The molecule has 5 nitrogen and oxygen atoms in total. The molecule has 0 heterocycles. The maximum atomic E-state index is 11.3. The van der Waals surface area contributed by atoms with Crippen LogP contribution >= 0.6 is 0 Å². The Morgan fingerprint density at radius 1 is 1.38 bits per heavy atom. The Hall–Kier alpha value is -1.10. The average molecular weight is 187 g/mol. The zero-order valence-electron chi connectivity index (χ0n) is 8.47. The summed E-state index contributed by atoms with van der Waals surface area (Å²) in [5, 5.41) is 4.92. The first kappa shape index (κ1) is 11.9. The van der Waals surface area contributed by atoms with E-state index in [1.165, 1.54) is 7.05 Å². The summed E-state index contributed by atoms with van der Waals surface area (Å²) in [5.41, 5.74) is 4.57. The van der Waals surface area contributed by atoms with Crippen molar-refractivity contribution in [3.05, 3.63) is 0 Å². The Labute approximate surface area is 78.1 Å². The maximum Gasteiger partial charge on any atom is 0.242 e. The van der Waals surface area contributed by atoms with Gasteiger partial charge >= 0.3 is 0 Å². The van der Waals surface area contributed by atoms with E-state index in [9.17, 15) is 9.59 Å². The van der Waals surface area contributed by atoms with Gasteiger partial charge in [0.05, 0.1) is 5.54 Å². The molecular formula is C8H17N3O2. The molecule has 0 aromatic carbocycles. The number of amides is 2. The first-order valence-electron chi connectivity index (χ1n) is 4.10. The minimum absolute atomic E-state index is 0.238. The molecule has 0 aliphatic rings. The molecule has 5 heteroatoms. The smallest absolute Gasteiger partial charge is 0.242 e. The summed E-state index contributed by atoms with van der Waals surface area (Å²) in [7, 11) is 1.51. The maximum absolute atomic E-state index is 11.3. The van der Waals surface area contributed by atoms with Crippen LogP contribution in [0.2, 0.25) is 0 Å². The largest absolute Gasteiger partial charge is 0.357 e. The molecule has 0 unspecified atom stereocenters. The van der Waals surface area contributed by atoms with Crippen molar-refractivity contribution in [2.45, 2.75) is 32.4 Å². The highest BCUT2D eigenvalue weighted by Crippen LogP contribution is 1.96. The van der Waals surface area contributed by atoms with Crippen LogP contribution in [-0.4, -0.2) is 30.4 Å². The third-order valence-electron chi connectivity index (χ3n) is 1.57. The summed E-state index contributed by atoms with van der Waals surface area (Å²) in [6.45, 7) is 4.76. The normalized spacial score (nSPS) is 13.3. The third-order valence-corrected chi connectivity index (χ3v) is 1.57. The summed E-state index contributed by atoms with van der Waals surface area (Å²) in [4.78, 5) is 22.3. The molecule has 4 N–H and O–H groups in total. The van der Waals surface area contributed by atoms with Crippen molar-refractivity contribution < 1.29 is 9.59 Å². The monoisotopic (exact) mass is 187 g/mol. The van der Waals surface area contributed by atoms with Gasteiger partial charge < -0.3 is 16.4 Å². The molecule has 13 heavy (non-hydrogen) atoms. The van der Waals surface area contributed by atoms with Gasteiger partial charge in [-0.1, -0.05) is 0 Å². The lowest BCUT2D eigenvalue weighted by Crippen LogP contribution is -2.54. The Morgan fingerprint density at radius 3 is 2.15 bits per heavy atom. The number of rotatable bonds is 3. The fourth-order valence-electron chi connectivity index (χ4n) is 0.665. The first-order valence-corrected chi connectivity index (χ1v) is 4.10. The van der Waals surface area contributed by atoms with Gasteiger partial charge in [-0.15, -0.1) is 0 Å². The minimum Gasteiger partial charge on any atom is -0.357 e. The summed E-state index contributed by atoms with van der Waals surface area (Å²) in [6.07, 6.45) is 0. The van der Waals surface area contributed by atoms with E-state index in [1.807, 2.05) is 0 Å².